The Labute approximate surface area is 126 Å². The highest BCUT2D eigenvalue weighted by Gasteiger charge is 2.12. The second kappa shape index (κ2) is 7.21. The summed E-state index contributed by atoms with van der Waals surface area (Å²) in [6, 6.07) is 6.92. The Hall–Kier alpha value is -1.89. The number of aromatic nitrogens is 2. The number of benzene rings is 1. The maximum atomic E-state index is 12.6. The van der Waals surface area contributed by atoms with E-state index in [1.165, 1.54) is 6.33 Å². The molecule has 2 N–H and O–H groups in total. The summed E-state index contributed by atoms with van der Waals surface area (Å²) in [5.74, 6) is -1.13. The van der Waals surface area contributed by atoms with Crippen LogP contribution >= 0.6 is 11.8 Å². The van der Waals surface area contributed by atoms with Crippen LogP contribution in [-0.4, -0.2) is 22.3 Å². The van der Waals surface area contributed by atoms with E-state index in [2.05, 4.69) is 20.6 Å². The highest BCUT2D eigenvalue weighted by Crippen LogP contribution is 2.33. The molecule has 21 heavy (non-hydrogen) atoms. The SMILES string of the molecule is CCNc1ncnc(Nc2ccccc2SC(F)F)c1C. The van der Waals surface area contributed by atoms with Gasteiger partial charge < -0.3 is 10.6 Å². The van der Waals surface area contributed by atoms with Gasteiger partial charge in [0.2, 0.25) is 0 Å². The van der Waals surface area contributed by atoms with Crippen molar-refractivity contribution < 1.29 is 8.78 Å². The lowest BCUT2D eigenvalue weighted by molar-refractivity contribution is 0.252. The number of alkyl halides is 2. The van der Waals surface area contributed by atoms with Crippen LogP contribution in [0.1, 0.15) is 12.5 Å². The van der Waals surface area contributed by atoms with Crippen molar-refractivity contribution in [1.82, 2.24) is 9.97 Å². The quantitative estimate of drug-likeness (QED) is 0.780. The summed E-state index contributed by atoms with van der Waals surface area (Å²) in [6.07, 6.45) is 1.44. The van der Waals surface area contributed by atoms with Crippen LogP contribution in [0.15, 0.2) is 35.5 Å². The van der Waals surface area contributed by atoms with Crippen LogP contribution in [0.4, 0.5) is 26.1 Å². The molecular weight excluding hydrogens is 294 g/mol. The van der Waals surface area contributed by atoms with E-state index in [4.69, 9.17) is 0 Å². The third-order valence-corrected chi connectivity index (χ3v) is 3.57. The molecule has 0 spiro atoms. The van der Waals surface area contributed by atoms with Gasteiger partial charge in [-0.05, 0) is 26.0 Å². The summed E-state index contributed by atoms with van der Waals surface area (Å²) >= 11 is 0.510. The lowest BCUT2D eigenvalue weighted by atomic mass is 10.2. The molecule has 0 aliphatic rings. The highest BCUT2D eigenvalue weighted by atomic mass is 32.2. The fraction of sp³-hybridized carbons (Fsp3) is 0.286. The Morgan fingerprint density at radius 2 is 1.90 bits per heavy atom. The molecular formula is C14H16F2N4S. The van der Waals surface area contributed by atoms with Gasteiger partial charge in [0.1, 0.15) is 18.0 Å². The molecule has 2 aromatic rings. The Balaban J connectivity index is 2.28. The first-order valence-electron chi connectivity index (χ1n) is 6.48. The van der Waals surface area contributed by atoms with Crippen molar-refractivity contribution in [3.63, 3.8) is 0 Å². The number of rotatable bonds is 6. The Bertz CT molecular complexity index is 607. The maximum absolute atomic E-state index is 12.6. The minimum Gasteiger partial charge on any atom is -0.370 e. The number of hydrogen-bond donors (Lipinski definition) is 2. The smallest absolute Gasteiger partial charge is 0.288 e. The zero-order valence-corrected chi connectivity index (χ0v) is 12.5. The summed E-state index contributed by atoms with van der Waals surface area (Å²) in [5, 5.41) is 6.23. The Kier molecular flexibility index (Phi) is 5.32. The molecule has 0 bridgehead atoms. The molecule has 0 unspecified atom stereocenters. The molecule has 0 saturated heterocycles. The molecule has 0 aliphatic heterocycles. The van der Waals surface area contributed by atoms with Crippen LogP contribution < -0.4 is 10.6 Å². The molecule has 112 valence electrons. The zero-order chi connectivity index (χ0) is 15.2. The van der Waals surface area contributed by atoms with Crippen LogP contribution in [0, 0.1) is 6.92 Å². The second-order valence-corrected chi connectivity index (χ2v) is 5.26. The van der Waals surface area contributed by atoms with Crippen molar-refractivity contribution in [3.05, 3.63) is 36.2 Å². The standard InChI is InChI=1S/C14H16F2N4S/c1-3-17-12-9(2)13(19-8-18-12)20-10-6-4-5-7-11(10)21-14(15)16/h4-8,14H,3H2,1-2H3,(H2,17,18,19,20). The van der Waals surface area contributed by atoms with E-state index < -0.39 is 5.76 Å². The summed E-state index contributed by atoms with van der Waals surface area (Å²) < 4.78 is 25.2. The van der Waals surface area contributed by atoms with Crippen molar-refractivity contribution in [2.24, 2.45) is 0 Å². The average Bonchev–Trinajstić information content (AvgIpc) is 2.45. The van der Waals surface area contributed by atoms with E-state index in [1.807, 2.05) is 13.8 Å². The fourth-order valence-corrected chi connectivity index (χ4v) is 2.41. The predicted molar refractivity (Wildman–Crippen MR) is 82.5 cm³/mol. The lowest BCUT2D eigenvalue weighted by Crippen LogP contribution is -2.06. The van der Waals surface area contributed by atoms with Gasteiger partial charge in [-0.3, -0.25) is 0 Å². The maximum Gasteiger partial charge on any atom is 0.288 e. The normalized spacial score (nSPS) is 10.7. The number of para-hydroxylation sites is 1. The largest absolute Gasteiger partial charge is 0.370 e. The molecule has 0 amide bonds. The van der Waals surface area contributed by atoms with E-state index in [0.29, 0.717) is 28.2 Å². The van der Waals surface area contributed by atoms with Crippen LogP contribution in [0.2, 0.25) is 0 Å². The number of nitrogens with zero attached hydrogens (tertiary/aromatic N) is 2. The minimum absolute atomic E-state index is 0.482. The molecule has 1 heterocycles. The minimum atomic E-state index is -2.46. The Morgan fingerprint density at radius 1 is 1.19 bits per heavy atom. The topological polar surface area (TPSA) is 49.8 Å². The van der Waals surface area contributed by atoms with E-state index in [1.54, 1.807) is 24.3 Å². The number of nitrogens with one attached hydrogen (secondary N) is 2. The molecule has 0 aliphatic carbocycles. The number of hydrogen-bond acceptors (Lipinski definition) is 5. The second-order valence-electron chi connectivity index (χ2n) is 4.23. The zero-order valence-electron chi connectivity index (χ0n) is 11.7. The van der Waals surface area contributed by atoms with Crippen molar-refractivity contribution in [1.29, 1.82) is 0 Å². The number of halogens is 2. The monoisotopic (exact) mass is 310 g/mol. The van der Waals surface area contributed by atoms with Crippen molar-refractivity contribution in [2.75, 3.05) is 17.2 Å². The van der Waals surface area contributed by atoms with Crippen molar-refractivity contribution in [3.8, 4) is 0 Å². The first-order valence-corrected chi connectivity index (χ1v) is 7.36. The molecule has 0 saturated carbocycles. The van der Waals surface area contributed by atoms with Crippen LogP contribution in [0.5, 0.6) is 0 Å². The van der Waals surface area contributed by atoms with Crippen LogP contribution in [0.3, 0.4) is 0 Å². The molecule has 0 fully saturated rings. The summed E-state index contributed by atoms with van der Waals surface area (Å²) in [6.45, 7) is 4.60. The van der Waals surface area contributed by atoms with Crippen molar-refractivity contribution >= 4 is 29.1 Å². The van der Waals surface area contributed by atoms with E-state index in [9.17, 15) is 8.78 Å². The molecule has 1 aromatic carbocycles. The van der Waals surface area contributed by atoms with Gasteiger partial charge in [-0.1, -0.05) is 23.9 Å². The summed E-state index contributed by atoms with van der Waals surface area (Å²) in [4.78, 5) is 8.81. The van der Waals surface area contributed by atoms with Gasteiger partial charge in [-0.15, -0.1) is 0 Å². The molecule has 0 radical (unpaired) electrons. The van der Waals surface area contributed by atoms with Crippen LogP contribution in [-0.2, 0) is 0 Å². The predicted octanol–water partition coefficient (Wildman–Crippen LogP) is 4.28. The van der Waals surface area contributed by atoms with Crippen LogP contribution in [0.25, 0.3) is 0 Å². The first kappa shape index (κ1) is 15.5. The molecule has 0 atom stereocenters. The van der Waals surface area contributed by atoms with Gasteiger partial charge in [-0.25, -0.2) is 9.97 Å². The fourth-order valence-electron chi connectivity index (χ4n) is 1.82. The molecule has 7 heteroatoms. The first-order chi connectivity index (χ1) is 10.1. The lowest BCUT2D eigenvalue weighted by Gasteiger charge is -2.14. The summed E-state index contributed by atoms with van der Waals surface area (Å²) in [7, 11) is 0. The highest BCUT2D eigenvalue weighted by molar-refractivity contribution is 7.99. The number of anilines is 3. The Morgan fingerprint density at radius 3 is 2.62 bits per heavy atom. The van der Waals surface area contributed by atoms with E-state index in [0.717, 1.165) is 17.9 Å². The summed E-state index contributed by atoms with van der Waals surface area (Å²) in [5.41, 5.74) is 1.45. The van der Waals surface area contributed by atoms with Gasteiger partial charge in [0.15, 0.2) is 0 Å². The van der Waals surface area contributed by atoms with E-state index >= 15 is 0 Å². The van der Waals surface area contributed by atoms with Gasteiger partial charge >= 0.3 is 0 Å². The molecule has 2 rings (SSSR count). The molecule has 4 nitrogen and oxygen atoms in total. The van der Waals surface area contributed by atoms with Crippen molar-refractivity contribution in [2.45, 2.75) is 24.5 Å². The van der Waals surface area contributed by atoms with E-state index in [-0.39, 0.29) is 0 Å². The average molecular weight is 310 g/mol. The number of thioether (sulfide) groups is 1. The van der Waals surface area contributed by atoms with Gasteiger partial charge in [0.25, 0.3) is 5.76 Å². The van der Waals surface area contributed by atoms with Gasteiger partial charge in [0.05, 0.1) is 5.69 Å². The third-order valence-electron chi connectivity index (χ3n) is 2.78. The third kappa shape index (κ3) is 4.04. The van der Waals surface area contributed by atoms with Gasteiger partial charge in [0, 0.05) is 17.0 Å². The molecule has 1 aromatic heterocycles. The van der Waals surface area contributed by atoms with Gasteiger partial charge in [-0.2, -0.15) is 8.78 Å².